The highest BCUT2D eigenvalue weighted by Gasteiger charge is 2.24. The number of piperazine rings is 1. The molecular weight excluding hydrogens is 429 g/mol. The normalized spacial score (nSPS) is 14.0. The zero-order valence-corrected chi connectivity index (χ0v) is 18.8. The van der Waals surface area contributed by atoms with Crippen LogP contribution in [0.1, 0.15) is 12.5 Å². The number of aromatic nitrogens is 3. The third kappa shape index (κ3) is 4.67. The molecule has 2 amide bonds. The van der Waals surface area contributed by atoms with Crippen molar-refractivity contribution < 1.29 is 14.0 Å². The van der Waals surface area contributed by atoms with Crippen LogP contribution in [0, 0.1) is 12.7 Å². The number of halogens is 1. The van der Waals surface area contributed by atoms with E-state index in [1.165, 1.54) is 17.8 Å². The first-order chi connectivity index (χ1) is 15.4. The molecule has 1 saturated heterocycles. The second-order valence-electron chi connectivity index (χ2n) is 7.63. The molecule has 1 fully saturated rings. The number of nitrogens with zero attached hydrogens (tertiary/aromatic N) is 5. The van der Waals surface area contributed by atoms with Gasteiger partial charge >= 0.3 is 0 Å². The molecule has 4 rings (SSSR count). The average Bonchev–Trinajstić information content (AvgIpc) is 3.22. The summed E-state index contributed by atoms with van der Waals surface area (Å²) in [6.45, 7) is 5.66. The van der Waals surface area contributed by atoms with Gasteiger partial charge in [-0.15, -0.1) is 10.2 Å². The Hall–Kier alpha value is -3.20. The summed E-state index contributed by atoms with van der Waals surface area (Å²) in [5, 5.41) is 9.04. The third-order valence-electron chi connectivity index (χ3n) is 5.44. The molecule has 0 bridgehead atoms. The fourth-order valence-corrected chi connectivity index (χ4v) is 4.45. The van der Waals surface area contributed by atoms with Crippen LogP contribution >= 0.6 is 11.8 Å². The van der Waals surface area contributed by atoms with Crippen LogP contribution in [0.2, 0.25) is 0 Å². The Labute approximate surface area is 190 Å². The Morgan fingerprint density at radius 1 is 0.969 bits per heavy atom. The Kier molecular flexibility index (Phi) is 6.55. The summed E-state index contributed by atoms with van der Waals surface area (Å²) < 4.78 is 16.3. The standard InChI is InChI=1S/C23H24FN5O2S/c1-16-7-9-18(10-8-16)29-22(19-5-3-4-6-20(19)24)25-26-23(29)32-15-21(31)28-13-11-27(12-14-28)17(2)30/h3-10H,11-15H2,1-2H3. The van der Waals surface area contributed by atoms with Gasteiger partial charge in [-0.25, -0.2) is 4.39 Å². The fourth-order valence-electron chi connectivity index (χ4n) is 3.60. The smallest absolute Gasteiger partial charge is 0.233 e. The summed E-state index contributed by atoms with van der Waals surface area (Å²) >= 11 is 1.27. The molecule has 7 nitrogen and oxygen atoms in total. The van der Waals surface area contributed by atoms with Gasteiger partial charge in [-0.1, -0.05) is 41.6 Å². The first-order valence-electron chi connectivity index (χ1n) is 10.4. The number of benzene rings is 2. The van der Waals surface area contributed by atoms with Gasteiger partial charge in [-0.05, 0) is 31.2 Å². The van der Waals surface area contributed by atoms with Crippen LogP contribution < -0.4 is 0 Å². The van der Waals surface area contributed by atoms with E-state index in [0.717, 1.165) is 11.3 Å². The molecule has 9 heteroatoms. The van der Waals surface area contributed by atoms with E-state index in [1.54, 1.807) is 39.5 Å². The van der Waals surface area contributed by atoms with Gasteiger partial charge in [0.25, 0.3) is 0 Å². The highest BCUT2D eigenvalue weighted by atomic mass is 32.2. The van der Waals surface area contributed by atoms with Crippen molar-refractivity contribution in [3.63, 3.8) is 0 Å². The zero-order chi connectivity index (χ0) is 22.7. The Bertz CT molecular complexity index is 1120. The van der Waals surface area contributed by atoms with Gasteiger partial charge in [0.05, 0.1) is 11.3 Å². The summed E-state index contributed by atoms with van der Waals surface area (Å²) in [5.74, 6) is 0.185. The van der Waals surface area contributed by atoms with Gasteiger partial charge in [0, 0.05) is 38.8 Å². The van der Waals surface area contributed by atoms with Gasteiger partial charge in [0.2, 0.25) is 11.8 Å². The summed E-state index contributed by atoms with van der Waals surface area (Å²) in [6.07, 6.45) is 0. The van der Waals surface area contributed by atoms with Crippen LogP contribution in [-0.4, -0.2) is 68.3 Å². The van der Waals surface area contributed by atoms with Crippen LogP contribution in [0.25, 0.3) is 17.1 Å². The first-order valence-corrected chi connectivity index (χ1v) is 11.4. The lowest BCUT2D eigenvalue weighted by Gasteiger charge is -2.34. The van der Waals surface area contributed by atoms with Crippen LogP contribution in [0.15, 0.2) is 53.7 Å². The van der Waals surface area contributed by atoms with Crippen molar-refractivity contribution in [3.8, 4) is 17.1 Å². The van der Waals surface area contributed by atoms with Crippen molar-refractivity contribution in [1.82, 2.24) is 24.6 Å². The molecule has 2 heterocycles. The number of carbonyl (C=O) groups excluding carboxylic acids is 2. The van der Waals surface area contributed by atoms with Gasteiger partial charge < -0.3 is 9.80 Å². The maximum atomic E-state index is 14.5. The second-order valence-corrected chi connectivity index (χ2v) is 8.58. The maximum Gasteiger partial charge on any atom is 0.233 e. The quantitative estimate of drug-likeness (QED) is 0.555. The Morgan fingerprint density at radius 3 is 2.28 bits per heavy atom. The van der Waals surface area contributed by atoms with E-state index < -0.39 is 0 Å². The van der Waals surface area contributed by atoms with E-state index in [1.807, 2.05) is 31.2 Å². The number of aryl methyl sites for hydroxylation is 1. The maximum absolute atomic E-state index is 14.5. The van der Waals surface area contributed by atoms with Crippen LogP contribution in [0.3, 0.4) is 0 Å². The minimum atomic E-state index is -0.385. The van der Waals surface area contributed by atoms with Crippen molar-refractivity contribution >= 4 is 23.6 Å². The van der Waals surface area contributed by atoms with Crippen LogP contribution in [-0.2, 0) is 9.59 Å². The number of thioether (sulfide) groups is 1. The van der Waals surface area contributed by atoms with Crippen molar-refractivity contribution in [2.45, 2.75) is 19.0 Å². The van der Waals surface area contributed by atoms with E-state index >= 15 is 0 Å². The zero-order valence-electron chi connectivity index (χ0n) is 18.0. The predicted octanol–water partition coefficient (Wildman–Crippen LogP) is 3.16. The number of carbonyl (C=O) groups is 2. The van der Waals surface area contributed by atoms with Gasteiger partial charge in [0.1, 0.15) is 5.82 Å². The van der Waals surface area contributed by atoms with Gasteiger partial charge in [-0.2, -0.15) is 0 Å². The van der Waals surface area contributed by atoms with E-state index in [2.05, 4.69) is 10.2 Å². The number of rotatable bonds is 5. The highest BCUT2D eigenvalue weighted by molar-refractivity contribution is 7.99. The lowest BCUT2D eigenvalue weighted by Crippen LogP contribution is -2.50. The molecule has 3 aromatic rings. The van der Waals surface area contributed by atoms with Crippen molar-refractivity contribution in [3.05, 3.63) is 59.9 Å². The molecule has 32 heavy (non-hydrogen) atoms. The summed E-state index contributed by atoms with van der Waals surface area (Å²) in [7, 11) is 0. The minimum absolute atomic E-state index is 0.0240. The number of amides is 2. The van der Waals surface area contributed by atoms with E-state index in [4.69, 9.17) is 0 Å². The summed E-state index contributed by atoms with van der Waals surface area (Å²) in [5.41, 5.74) is 2.24. The van der Waals surface area contributed by atoms with Crippen molar-refractivity contribution in [2.24, 2.45) is 0 Å². The molecule has 0 atom stereocenters. The molecule has 2 aromatic carbocycles. The molecule has 1 aliphatic heterocycles. The highest BCUT2D eigenvalue weighted by Crippen LogP contribution is 2.29. The molecular formula is C23H24FN5O2S. The second kappa shape index (κ2) is 9.52. The molecule has 1 aliphatic rings. The molecule has 0 spiro atoms. The predicted molar refractivity (Wildman–Crippen MR) is 121 cm³/mol. The fraction of sp³-hybridized carbons (Fsp3) is 0.304. The monoisotopic (exact) mass is 453 g/mol. The molecule has 0 N–H and O–H groups in total. The third-order valence-corrected chi connectivity index (χ3v) is 6.36. The topological polar surface area (TPSA) is 71.3 Å². The SMILES string of the molecule is CC(=O)N1CCN(C(=O)CSc2nnc(-c3ccccc3F)n2-c2ccc(C)cc2)CC1. The van der Waals surface area contributed by atoms with E-state index in [9.17, 15) is 14.0 Å². The summed E-state index contributed by atoms with van der Waals surface area (Å²) in [4.78, 5) is 27.8. The van der Waals surface area contributed by atoms with Crippen LogP contribution in [0.4, 0.5) is 4.39 Å². The summed E-state index contributed by atoms with van der Waals surface area (Å²) in [6, 6.07) is 14.2. The molecule has 0 radical (unpaired) electrons. The van der Waals surface area contributed by atoms with Crippen molar-refractivity contribution in [1.29, 1.82) is 0 Å². The van der Waals surface area contributed by atoms with Gasteiger partial charge in [-0.3, -0.25) is 14.2 Å². The lowest BCUT2D eigenvalue weighted by atomic mass is 10.2. The van der Waals surface area contributed by atoms with E-state index in [0.29, 0.717) is 42.7 Å². The minimum Gasteiger partial charge on any atom is -0.339 e. The molecule has 0 unspecified atom stereocenters. The molecule has 1 aromatic heterocycles. The molecule has 0 aliphatic carbocycles. The number of hydrogen-bond acceptors (Lipinski definition) is 5. The average molecular weight is 454 g/mol. The Morgan fingerprint density at radius 2 is 1.62 bits per heavy atom. The Balaban J connectivity index is 1.56. The molecule has 166 valence electrons. The largest absolute Gasteiger partial charge is 0.339 e. The number of hydrogen-bond donors (Lipinski definition) is 0. The lowest BCUT2D eigenvalue weighted by molar-refractivity contribution is -0.136. The van der Waals surface area contributed by atoms with Gasteiger partial charge in [0.15, 0.2) is 11.0 Å². The van der Waals surface area contributed by atoms with Crippen LogP contribution in [0.5, 0.6) is 0 Å². The molecule has 0 saturated carbocycles. The van der Waals surface area contributed by atoms with E-state index in [-0.39, 0.29) is 23.4 Å². The van der Waals surface area contributed by atoms with Crippen molar-refractivity contribution in [2.75, 3.05) is 31.9 Å². The first kappa shape index (κ1) is 22.0.